The summed E-state index contributed by atoms with van der Waals surface area (Å²) in [5.74, 6) is -0.559. The zero-order valence-corrected chi connectivity index (χ0v) is 19.2. The number of hydrogen-bond donors (Lipinski definition) is 0. The molecular weight excluding hydrogens is 412 g/mol. The fraction of sp³-hybridized carbons (Fsp3) is 0.524. The molecule has 1 aliphatic rings. The Kier molecular flexibility index (Phi) is 6.24. The number of nitrogens with zero attached hydrogens (tertiary/aromatic N) is 2. The molecule has 3 rings (SSSR count). The van der Waals surface area contributed by atoms with E-state index in [-0.39, 0.29) is 11.5 Å². The normalized spacial score (nSPS) is 19.6. The van der Waals surface area contributed by atoms with E-state index in [1.165, 1.54) is 18.4 Å². The lowest BCUT2D eigenvalue weighted by Gasteiger charge is -2.17. The van der Waals surface area contributed by atoms with Crippen molar-refractivity contribution in [1.82, 2.24) is 4.57 Å². The van der Waals surface area contributed by atoms with E-state index < -0.39 is 11.7 Å². The highest BCUT2D eigenvalue weighted by atomic mass is 35.5. The average Bonchev–Trinajstić information content (AvgIpc) is 3.17. The number of aromatic nitrogens is 1. The highest BCUT2D eigenvalue weighted by Crippen LogP contribution is 2.27. The highest BCUT2D eigenvalue weighted by Gasteiger charge is 2.33. The zero-order valence-electron chi connectivity index (χ0n) is 17.6. The first-order valence-corrected chi connectivity index (χ1v) is 10.6. The third-order valence-corrected chi connectivity index (χ3v) is 6.20. The van der Waals surface area contributed by atoms with Gasteiger partial charge in [-0.3, -0.25) is 4.79 Å². The number of halogens is 1. The van der Waals surface area contributed by atoms with Crippen molar-refractivity contribution in [3.63, 3.8) is 0 Å². The van der Waals surface area contributed by atoms with Crippen LogP contribution in [0.2, 0.25) is 5.02 Å². The summed E-state index contributed by atoms with van der Waals surface area (Å²) < 4.78 is 18.9. The number of amides is 1. The summed E-state index contributed by atoms with van der Waals surface area (Å²) >= 11 is 7.57. The van der Waals surface area contributed by atoms with Gasteiger partial charge in [0, 0.05) is 16.1 Å². The maximum Gasteiger partial charge on any atom is 0.283 e. The van der Waals surface area contributed by atoms with Gasteiger partial charge in [-0.05, 0) is 37.5 Å². The molecule has 6 nitrogen and oxygen atoms in total. The maximum absolute atomic E-state index is 12.9. The largest absolute Gasteiger partial charge is 0.496 e. The van der Waals surface area contributed by atoms with Crippen LogP contribution in [0.1, 0.15) is 49.9 Å². The second kappa shape index (κ2) is 8.22. The van der Waals surface area contributed by atoms with Crippen LogP contribution in [-0.2, 0) is 21.4 Å². The standard InChI is InChI=1S/C21H27ClN2O4S/c1-20(2,3)17-11-24(10-14-12-27-21(4,5)28-14)19(29-17)23-18(25)15-9-13(22)7-8-16(15)26-6/h7-9,11,14H,10,12H2,1-6H3/t14-/m0/s1. The van der Waals surface area contributed by atoms with E-state index in [1.54, 1.807) is 18.2 Å². The fourth-order valence-electron chi connectivity index (χ4n) is 3.01. The molecule has 29 heavy (non-hydrogen) atoms. The summed E-state index contributed by atoms with van der Waals surface area (Å²) in [4.78, 5) is 19.1. The molecule has 1 saturated heterocycles. The van der Waals surface area contributed by atoms with E-state index in [0.717, 1.165) is 4.88 Å². The van der Waals surface area contributed by atoms with Crippen molar-refractivity contribution < 1.29 is 19.0 Å². The third kappa shape index (κ3) is 5.28. The molecule has 0 radical (unpaired) electrons. The second-order valence-electron chi connectivity index (χ2n) is 8.49. The van der Waals surface area contributed by atoms with Gasteiger partial charge >= 0.3 is 0 Å². The van der Waals surface area contributed by atoms with Gasteiger partial charge < -0.3 is 18.8 Å². The van der Waals surface area contributed by atoms with Gasteiger partial charge in [0.05, 0.1) is 25.8 Å². The first-order chi connectivity index (χ1) is 13.5. The van der Waals surface area contributed by atoms with E-state index in [0.29, 0.717) is 34.3 Å². The number of thiazole rings is 1. The molecule has 0 N–H and O–H groups in total. The lowest BCUT2D eigenvalue weighted by atomic mass is 9.95. The van der Waals surface area contributed by atoms with Crippen molar-refractivity contribution in [3.8, 4) is 5.75 Å². The predicted octanol–water partition coefficient (Wildman–Crippen LogP) is 4.40. The number of benzene rings is 1. The molecule has 0 saturated carbocycles. The Hall–Kier alpha value is -1.67. The minimum Gasteiger partial charge on any atom is -0.496 e. The number of rotatable bonds is 4. The minimum absolute atomic E-state index is 0.0662. The van der Waals surface area contributed by atoms with Gasteiger partial charge in [0.25, 0.3) is 5.91 Å². The first kappa shape index (κ1) is 22.0. The van der Waals surface area contributed by atoms with Crippen molar-refractivity contribution in [3.05, 3.63) is 44.7 Å². The molecule has 0 spiro atoms. The van der Waals surface area contributed by atoms with Gasteiger partial charge in [-0.2, -0.15) is 4.99 Å². The Labute approximate surface area is 180 Å². The Morgan fingerprint density at radius 1 is 1.41 bits per heavy atom. The van der Waals surface area contributed by atoms with Crippen LogP contribution in [0.5, 0.6) is 5.75 Å². The average molecular weight is 439 g/mol. The SMILES string of the molecule is COc1ccc(Cl)cc1C(=O)N=c1sc(C(C)(C)C)cn1C[C@H]1COC(C)(C)O1. The van der Waals surface area contributed by atoms with E-state index >= 15 is 0 Å². The van der Waals surface area contributed by atoms with Gasteiger partial charge in [0.15, 0.2) is 10.6 Å². The van der Waals surface area contributed by atoms with Gasteiger partial charge in [0.2, 0.25) is 0 Å². The third-order valence-electron chi connectivity index (χ3n) is 4.52. The molecule has 1 fully saturated rings. The molecule has 1 aromatic carbocycles. The zero-order chi connectivity index (χ0) is 21.4. The number of hydrogen-bond acceptors (Lipinski definition) is 5. The summed E-state index contributed by atoms with van der Waals surface area (Å²) in [7, 11) is 1.52. The van der Waals surface area contributed by atoms with Crippen molar-refractivity contribution in [2.75, 3.05) is 13.7 Å². The van der Waals surface area contributed by atoms with Crippen LogP contribution in [-0.4, -0.2) is 36.1 Å². The fourth-order valence-corrected chi connectivity index (χ4v) is 4.24. The smallest absolute Gasteiger partial charge is 0.283 e. The van der Waals surface area contributed by atoms with Gasteiger partial charge in [-0.15, -0.1) is 11.3 Å². The maximum atomic E-state index is 12.9. The Morgan fingerprint density at radius 2 is 2.14 bits per heavy atom. The van der Waals surface area contributed by atoms with Gasteiger partial charge in [0.1, 0.15) is 11.9 Å². The molecule has 0 bridgehead atoms. The molecule has 1 atom stereocenters. The topological polar surface area (TPSA) is 62.0 Å². The number of methoxy groups -OCH3 is 1. The number of carbonyl (C=O) groups is 1. The van der Waals surface area contributed by atoms with Crippen LogP contribution in [0.25, 0.3) is 0 Å². The summed E-state index contributed by atoms with van der Waals surface area (Å²) in [5.41, 5.74) is 0.266. The molecule has 2 heterocycles. The van der Waals surface area contributed by atoms with Gasteiger partial charge in [-0.1, -0.05) is 32.4 Å². The Balaban J connectivity index is 2.00. The molecule has 8 heteroatoms. The van der Waals surface area contributed by atoms with Gasteiger partial charge in [-0.25, -0.2) is 0 Å². The molecule has 1 aliphatic heterocycles. The monoisotopic (exact) mass is 438 g/mol. The summed E-state index contributed by atoms with van der Waals surface area (Å²) in [6.07, 6.45) is 1.93. The van der Waals surface area contributed by atoms with E-state index in [9.17, 15) is 4.79 Å². The van der Waals surface area contributed by atoms with Crippen LogP contribution in [0.4, 0.5) is 0 Å². The predicted molar refractivity (Wildman–Crippen MR) is 114 cm³/mol. The van der Waals surface area contributed by atoms with Crippen molar-refractivity contribution in [1.29, 1.82) is 0 Å². The molecular formula is C21H27ClN2O4S. The lowest BCUT2D eigenvalue weighted by molar-refractivity contribution is -0.139. The van der Waals surface area contributed by atoms with Crippen LogP contribution in [0, 0.1) is 0 Å². The summed E-state index contributed by atoms with van der Waals surface area (Å²) in [5, 5.41) is 0.456. The van der Waals surface area contributed by atoms with Crippen molar-refractivity contribution in [2.24, 2.45) is 4.99 Å². The summed E-state index contributed by atoms with van der Waals surface area (Å²) in [6.45, 7) is 11.2. The van der Waals surface area contributed by atoms with Crippen LogP contribution in [0.15, 0.2) is 29.4 Å². The first-order valence-electron chi connectivity index (χ1n) is 9.43. The molecule has 0 aliphatic carbocycles. The Morgan fingerprint density at radius 3 is 2.72 bits per heavy atom. The molecule has 1 amide bonds. The molecule has 158 valence electrons. The highest BCUT2D eigenvalue weighted by molar-refractivity contribution is 7.09. The Bertz CT molecular complexity index is 972. The van der Waals surface area contributed by atoms with Crippen LogP contribution in [0.3, 0.4) is 0 Å². The second-order valence-corrected chi connectivity index (χ2v) is 9.94. The van der Waals surface area contributed by atoms with E-state index in [4.69, 9.17) is 25.8 Å². The molecule has 1 aromatic heterocycles. The van der Waals surface area contributed by atoms with Crippen LogP contribution < -0.4 is 9.54 Å². The van der Waals surface area contributed by atoms with Crippen LogP contribution >= 0.6 is 22.9 Å². The molecule has 0 unspecified atom stereocenters. The molecule has 2 aromatic rings. The lowest BCUT2D eigenvalue weighted by Crippen LogP contribution is -2.27. The van der Waals surface area contributed by atoms with Crippen molar-refractivity contribution >= 4 is 28.8 Å². The number of carbonyl (C=O) groups excluding carboxylic acids is 1. The van der Waals surface area contributed by atoms with E-state index in [1.807, 2.05) is 24.6 Å². The summed E-state index contributed by atoms with van der Waals surface area (Å²) in [6, 6.07) is 4.92. The van der Waals surface area contributed by atoms with E-state index in [2.05, 4.69) is 25.8 Å². The minimum atomic E-state index is -0.602. The quantitative estimate of drug-likeness (QED) is 0.709. The van der Waals surface area contributed by atoms with Crippen molar-refractivity contribution in [2.45, 2.75) is 58.5 Å². The number of ether oxygens (including phenoxy) is 3.